The number of halogens is 4. The van der Waals surface area contributed by atoms with Crippen molar-refractivity contribution in [3.05, 3.63) is 75.1 Å². The number of anilines is 1. The summed E-state index contributed by atoms with van der Waals surface area (Å²) < 4.78 is 39.0. The average Bonchev–Trinajstić information content (AvgIpc) is 3.30. The van der Waals surface area contributed by atoms with Gasteiger partial charge >= 0.3 is 6.18 Å². The number of nitrogens with zero attached hydrogens (tertiary/aromatic N) is 4. The molecule has 0 spiro atoms. The fourth-order valence-corrected chi connectivity index (χ4v) is 3.97. The van der Waals surface area contributed by atoms with Gasteiger partial charge in [0.25, 0.3) is 11.8 Å². The Kier molecular flexibility index (Phi) is 6.44. The molecule has 2 amide bonds. The van der Waals surface area contributed by atoms with Crippen molar-refractivity contribution in [3.63, 3.8) is 0 Å². The Hall–Kier alpha value is -3.64. The van der Waals surface area contributed by atoms with Gasteiger partial charge in [-0.2, -0.15) is 13.2 Å². The number of hydrogen-bond donors (Lipinski definition) is 2. The summed E-state index contributed by atoms with van der Waals surface area (Å²) in [6, 6.07) is 5.03. The van der Waals surface area contributed by atoms with Gasteiger partial charge in [-0.1, -0.05) is 11.6 Å². The molecule has 0 saturated heterocycles. The summed E-state index contributed by atoms with van der Waals surface area (Å²) in [5, 5.41) is 4.94. The van der Waals surface area contributed by atoms with Gasteiger partial charge in [-0.3, -0.25) is 19.6 Å². The zero-order valence-electron chi connectivity index (χ0n) is 17.2. The number of alkyl halides is 3. The molecule has 0 fully saturated rings. The van der Waals surface area contributed by atoms with E-state index in [4.69, 9.17) is 11.6 Å². The highest BCUT2D eigenvalue weighted by Crippen LogP contribution is 2.35. The zero-order chi connectivity index (χ0) is 24.5. The number of amides is 2. The van der Waals surface area contributed by atoms with Gasteiger partial charge < -0.3 is 10.6 Å². The van der Waals surface area contributed by atoms with Gasteiger partial charge in [-0.05, 0) is 31.2 Å². The highest BCUT2D eigenvalue weighted by Gasteiger charge is 2.34. The molecule has 0 aliphatic carbocycles. The first-order valence-electron chi connectivity index (χ1n) is 9.63. The highest BCUT2D eigenvalue weighted by atomic mass is 35.5. The fourth-order valence-electron chi connectivity index (χ4n) is 2.94. The summed E-state index contributed by atoms with van der Waals surface area (Å²) in [6.07, 6.45) is 0.470. The van der Waals surface area contributed by atoms with Crippen molar-refractivity contribution in [2.24, 2.45) is 0 Å². The van der Waals surface area contributed by atoms with Crippen LogP contribution < -0.4 is 10.6 Å². The Balaban J connectivity index is 1.44. The molecule has 174 valence electrons. The standard InChI is InChI=1S/C21H14ClF3N6O2S/c1-10(30-18(32)11-2-3-14-15(6-11)27-5-4-26-14)20-29-9-16(34-20)19(33)31-17-7-12(21(23,24)25)13(22)8-28-17/h2-10H,1H3,(H,30,32)(H,28,31,33)/t10-/m1/s1. The van der Waals surface area contributed by atoms with Crippen LogP contribution in [0.25, 0.3) is 11.0 Å². The van der Waals surface area contributed by atoms with E-state index < -0.39 is 28.7 Å². The van der Waals surface area contributed by atoms with Gasteiger partial charge in [0, 0.05) is 24.2 Å². The molecule has 4 rings (SSSR count). The Labute approximate surface area is 199 Å². The van der Waals surface area contributed by atoms with E-state index in [1.54, 1.807) is 31.3 Å². The normalized spacial score (nSPS) is 12.4. The highest BCUT2D eigenvalue weighted by molar-refractivity contribution is 7.13. The lowest BCUT2D eigenvalue weighted by atomic mass is 10.1. The van der Waals surface area contributed by atoms with Crippen LogP contribution in [0, 0.1) is 0 Å². The summed E-state index contributed by atoms with van der Waals surface area (Å²) in [7, 11) is 0. The number of hydrogen-bond acceptors (Lipinski definition) is 7. The number of benzene rings is 1. The van der Waals surface area contributed by atoms with E-state index in [1.807, 2.05) is 0 Å². The Morgan fingerprint density at radius 2 is 1.74 bits per heavy atom. The lowest BCUT2D eigenvalue weighted by Crippen LogP contribution is -2.26. The number of nitrogens with one attached hydrogen (secondary N) is 2. The van der Waals surface area contributed by atoms with Crippen LogP contribution in [0.5, 0.6) is 0 Å². The molecular formula is C21H14ClF3N6O2S. The minimum absolute atomic E-state index is 0.127. The molecule has 0 aliphatic rings. The Morgan fingerprint density at radius 3 is 2.47 bits per heavy atom. The van der Waals surface area contributed by atoms with Gasteiger partial charge in [0.15, 0.2) is 0 Å². The van der Waals surface area contributed by atoms with Crippen LogP contribution >= 0.6 is 22.9 Å². The molecule has 0 radical (unpaired) electrons. The topological polar surface area (TPSA) is 110 Å². The van der Waals surface area contributed by atoms with Crippen molar-refractivity contribution in [2.75, 3.05) is 5.32 Å². The largest absolute Gasteiger partial charge is 0.418 e. The zero-order valence-corrected chi connectivity index (χ0v) is 18.8. The van der Waals surface area contributed by atoms with Crippen LogP contribution in [0.1, 0.15) is 43.6 Å². The molecule has 8 nitrogen and oxygen atoms in total. The number of aromatic nitrogens is 4. The molecule has 1 aromatic carbocycles. The SMILES string of the molecule is C[C@@H](NC(=O)c1ccc2nccnc2c1)c1ncc(C(=O)Nc2cc(C(F)(F)F)c(Cl)cn2)s1. The lowest BCUT2D eigenvalue weighted by molar-refractivity contribution is -0.137. The van der Waals surface area contributed by atoms with Crippen LogP contribution in [-0.4, -0.2) is 31.8 Å². The molecule has 13 heteroatoms. The molecule has 0 aliphatic heterocycles. The minimum atomic E-state index is -4.69. The monoisotopic (exact) mass is 506 g/mol. The van der Waals surface area contributed by atoms with Crippen molar-refractivity contribution in [3.8, 4) is 0 Å². The molecule has 2 N–H and O–H groups in total. The van der Waals surface area contributed by atoms with E-state index in [0.29, 0.717) is 27.7 Å². The van der Waals surface area contributed by atoms with E-state index in [2.05, 4.69) is 30.6 Å². The van der Waals surface area contributed by atoms with Crippen LogP contribution in [0.15, 0.2) is 49.1 Å². The number of carbonyl (C=O) groups is 2. The van der Waals surface area contributed by atoms with E-state index in [9.17, 15) is 22.8 Å². The number of fused-ring (bicyclic) bond motifs is 1. The first kappa shape index (κ1) is 23.5. The first-order valence-corrected chi connectivity index (χ1v) is 10.8. The molecule has 3 heterocycles. The van der Waals surface area contributed by atoms with E-state index >= 15 is 0 Å². The van der Waals surface area contributed by atoms with Gasteiger partial charge in [0.1, 0.15) is 15.7 Å². The second kappa shape index (κ2) is 9.31. The van der Waals surface area contributed by atoms with Crippen LogP contribution in [0.4, 0.5) is 19.0 Å². The van der Waals surface area contributed by atoms with Crippen molar-refractivity contribution < 1.29 is 22.8 Å². The maximum Gasteiger partial charge on any atom is 0.418 e. The fraction of sp³-hybridized carbons (Fsp3) is 0.143. The third-order valence-electron chi connectivity index (χ3n) is 4.60. The van der Waals surface area contributed by atoms with Crippen LogP contribution in [0.3, 0.4) is 0 Å². The summed E-state index contributed by atoms with van der Waals surface area (Å²) in [4.78, 5) is 41.4. The van der Waals surface area contributed by atoms with Gasteiger partial charge in [-0.15, -0.1) is 11.3 Å². The van der Waals surface area contributed by atoms with Crippen molar-refractivity contribution in [1.29, 1.82) is 0 Å². The number of pyridine rings is 1. The Morgan fingerprint density at radius 1 is 1.00 bits per heavy atom. The average molecular weight is 507 g/mol. The maximum absolute atomic E-state index is 13.0. The van der Waals surface area contributed by atoms with Crippen LogP contribution in [-0.2, 0) is 6.18 Å². The summed E-state index contributed by atoms with van der Waals surface area (Å²) >= 11 is 6.53. The molecule has 1 atom stereocenters. The number of thiazole rings is 1. The predicted molar refractivity (Wildman–Crippen MR) is 120 cm³/mol. The third-order valence-corrected chi connectivity index (χ3v) is 6.08. The lowest BCUT2D eigenvalue weighted by Gasteiger charge is -2.11. The maximum atomic E-state index is 13.0. The summed E-state index contributed by atoms with van der Waals surface area (Å²) in [5.41, 5.74) is 0.491. The van der Waals surface area contributed by atoms with Gasteiger partial charge in [0.2, 0.25) is 0 Å². The predicted octanol–water partition coefficient (Wildman–Crippen LogP) is 4.90. The number of carbonyl (C=O) groups excluding carboxylic acids is 2. The molecule has 34 heavy (non-hydrogen) atoms. The number of rotatable bonds is 5. The van der Waals surface area contributed by atoms with Crippen molar-refractivity contribution in [1.82, 2.24) is 25.3 Å². The van der Waals surface area contributed by atoms with Crippen LogP contribution in [0.2, 0.25) is 5.02 Å². The molecule has 0 bridgehead atoms. The second-order valence-corrected chi connectivity index (χ2v) is 8.49. The minimum Gasteiger partial charge on any atom is -0.343 e. The van der Waals surface area contributed by atoms with Crippen molar-refractivity contribution in [2.45, 2.75) is 19.1 Å². The molecule has 3 aromatic heterocycles. The summed E-state index contributed by atoms with van der Waals surface area (Å²) in [5.74, 6) is -1.37. The van der Waals surface area contributed by atoms with Gasteiger partial charge in [-0.25, -0.2) is 9.97 Å². The quantitative estimate of drug-likeness (QED) is 0.398. The molecule has 0 unspecified atom stereocenters. The molecule has 0 saturated carbocycles. The van der Waals surface area contributed by atoms with E-state index in [-0.39, 0.29) is 16.6 Å². The first-order chi connectivity index (χ1) is 16.1. The Bertz CT molecular complexity index is 1390. The van der Waals surface area contributed by atoms with E-state index in [0.717, 1.165) is 17.5 Å². The third kappa shape index (κ3) is 5.13. The second-order valence-electron chi connectivity index (χ2n) is 7.02. The molecule has 4 aromatic rings. The smallest absolute Gasteiger partial charge is 0.343 e. The van der Waals surface area contributed by atoms with Gasteiger partial charge in [0.05, 0.1) is 33.9 Å². The molecular weight excluding hydrogens is 493 g/mol. The van der Waals surface area contributed by atoms with E-state index in [1.165, 1.54) is 12.4 Å². The van der Waals surface area contributed by atoms with Crippen molar-refractivity contribution >= 4 is 51.6 Å². The summed E-state index contributed by atoms with van der Waals surface area (Å²) in [6.45, 7) is 1.69.